The Kier molecular flexibility index (Phi) is 6.76. The van der Waals surface area contributed by atoms with Crippen molar-refractivity contribution in [2.45, 2.75) is 6.04 Å². The van der Waals surface area contributed by atoms with Gasteiger partial charge in [0.05, 0.1) is 6.16 Å². The zero-order valence-electron chi connectivity index (χ0n) is 6.97. The van der Waals surface area contributed by atoms with Gasteiger partial charge in [-0.15, -0.1) is 0 Å². The van der Waals surface area contributed by atoms with E-state index in [-0.39, 0.29) is 31.0 Å². The predicted octanol–water partition coefficient (Wildman–Crippen LogP) is -4.31. The molecule has 8 heteroatoms. The van der Waals surface area contributed by atoms with Crippen LogP contribution in [0, 0.1) is 0 Å². The van der Waals surface area contributed by atoms with Crippen LogP contribution in [0.1, 0.15) is 1.43 Å². The van der Waals surface area contributed by atoms with E-state index in [1.807, 2.05) is 0 Å². The zero-order valence-corrected chi connectivity index (χ0v) is 8.86. The van der Waals surface area contributed by atoms with Crippen molar-refractivity contribution in [1.82, 2.24) is 0 Å². The molecule has 0 amide bonds. The molecule has 0 aromatic rings. The smallest absolute Gasteiger partial charge is 1.00 e. The summed E-state index contributed by atoms with van der Waals surface area (Å²) in [7, 11) is -4.28. The van der Waals surface area contributed by atoms with Gasteiger partial charge in [0.1, 0.15) is 6.04 Å². The number of aliphatic carboxylic acids is 1. The summed E-state index contributed by atoms with van der Waals surface area (Å²) in [5.74, 6) is -1.41. The van der Waals surface area contributed by atoms with E-state index in [2.05, 4.69) is 0 Å². The van der Waals surface area contributed by atoms with Gasteiger partial charge in [-0.2, -0.15) is 0 Å². The Hall–Kier alpha value is 0.580. The Morgan fingerprint density at radius 1 is 1.64 bits per heavy atom. The van der Waals surface area contributed by atoms with Crippen molar-refractivity contribution in [2.75, 3.05) is 6.16 Å². The first kappa shape index (κ1) is 14.1. The van der Waals surface area contributed by atoms with Crippen LogP contribution in [-0.4, -0.2) is 33.1 Å². The molecular formula is C3H9NNaO5P. The van der Waals surface area contributed by atoms with Crippen LogP contribution >= 0.6 is 7.60 Å². The molecule has 11 heavy (non-hydrogen) atoms. The molecule has 0 bridgehead atoms. The van der Waals surface area contributed by atoms with E-state index in [1.165, 1.54) is 0 Å². The molecule has 0 fully saturated rings. The van der Waals surface area contributed by atoms with Crippen molar-refractivity contribution >= 4 is 13.6 Å². The van der Waals surface area contributed by atoms with Gasteiger partial charge < -0.3 is 22.1 Å². The molecule has 0 spiro atoms. The van der Waals surface area contributed by atoms with Gasteiger partial charge in [0.15, 0.2) is 0 Å². The molecule has 5 N–H and O–H groups in total. The summed E-state index contributed by atoms with van der Waals surface area (Å²) < 4.78 is 10.1. The summed E-state index contributed by atoms with van der Waals surface area (Å²) in [6.07, 6.45) is -0.817. The van der Waals surface area contributed by atoms with E-state index in [0.29, 0.717) is 0 Å². The maximum atomic E-state index is 10.1. The van der Waals surface area contributed by atoms with Crippen LogP contribution in [0.5, 0.6) is 0 Å². The van der Waals surface area contributed by atoms with E-state index < -0.39 is 25.8 Å². The average molecular weight is 193 g/mol. The van der Waals surface area contributed by atoms with Crippen LogP contribution in [0.3, 0.4) is 0 Å². The van der Waals surface area contributed by atoms with Gasteiger partial charge in [0, 0.05) is 0 Å². The maximum Gasteiger partial charge on any atom is 1.00 e. The number of hydrogen-bond acceptors (Lipinski definition) is 3. The Morgan fingerprint density at radius 2 is 2.00 bits per heavy atom. The van der Waals surface area contributed by atoms with E-state index in [1.54, 1.807) is 0 Å². The Balaban J connectivity index is -0.000000405. The van der Waals surface area contributed by atoms with Crippen LogP contribution in [-0.2, 0) is 9.36 Å². The Bertz CT molecular complexity index is 184. The van der Waals surface area contributed by atoms with Gasteiger partial charge in [-0.05, 0) is 0 Å². The first-order valence-electron chi connectivity index (χ1n) is 2.36. The van der Waals surface area contributed by atoms with Gasteiger partial charge in [0.25, 0.3) is 0 Å². The first-order chi connectivity index (χ1) is 4.33. The second kappa shape index (κ2) is 5.27. The standard InChI is InChI=1S/C3H8NO5P.Na.H/c4-2(3(5)6)1-10(7,8)9;;/h2H,1,4H2,(H,5,6)(H2,7,8,9);;/q;+1;-1. The molecule has 0 rings (SSSR count). The topological polar surface area (TPSA) is 121 Å². The fourth-order valence-electron chi connectivity index (χ4n) is 0.334. The van der Waals surface area contributed by atoms with E-state index >= 15 is 0 Å². The van der Waals surface area contributed by atoms with E-state index in [4.69, 9.17) is 20.6 Å². The quantitative estimate of drug-likeness (QED) is 0.266. The number of carbonyl (C=O) groups is 1. The molecule has 0 aliphatic carbocycles. The number of rotatable bonds is 3. The molecular weight excluding hydrogens is 184 g/mol. The van der Waals surface area contributed by atoms with Crippen LogP contribution in [0.2, 0.25) is 0 Å². The summed E-state index contributed by atoms with van der Waals surface area (Å²) in [4.78, 5) is 26.3. The van der Waals surface area contributed by atoms with Gasteiger partial charge in [-0.3, -0.25) is 9.36 Å². The third-order valence-electron chi connectivity index (χ3n) is 0.752. The van der Waals surface area contributed by atoms with Crippen LogP contribution in [0.25, 0.3) is 0 Å². The van der Waals surface area contributed by atoms with Crippen molar-refractivity contribution in [3.05, 3.63) is 0 Å². The van der Waals surface area contributed by atoms with Gasteiger partial charge in [0.2, 0.25) is 0 Å². The second-order valence-corrected chi connectivity index (χ2v) is 3.49. The zero-order chi connectivity index (χ0) is 8.36. The van der Waals surface area contributed by atoms with E-state index in [9.17, 15) is 9.36 Å². The monoisotopic (exact) mass is 193 g/mol. The molecule has 0 aliphatic heterocycles. The molecule has 1 atom stereocenters. The summed E-state index contributed by atoms with van der Waals surface area (Å²) in [6.45, 7) is 0. The fraction of sp³-hybridized carbons (Fsp3) is 0.667. The first-order valence-corrected chi connectivity index (χ1v) is 4.15. The second-order valence-electron chi connectivity index (χ2n) is 1.79. The van der Waals surface area contributed by atoms with Crippen molar-refractivity contribution in [3.63, 3.8) is 0 Å². The molecule has 0 radical (unpaired) electrons. The molecule has 6 nitrogen and oxygen atoms in total. The van der Waals surface area contributed by atoms with Crippen LogP contribution < -0.4 is 35.3 Å². The van der Waals surface area contributed by atoms with E-state index in [0.717, 1.165) is 0 Å². The number of carboxylic acids is 1. The molecule has 0 aliphatic rings. The fourth-order valence-corrected chi connectivity index (χ4v) is 1.00. The molecule has 62 valence electrons. The van der Waals surface area contributed by atoms with Gasteiger partial charge >= 0.3 is 43.1 Å². The van der Waals surface area contributed by atoms with Crippen LogP contribution in [0.4, 0.5) is 0 Å². The summed E-state index contributed by atoms with van der Waals surface area (Å²) >= 11 is 0. The Morgan fingerprint density at radius 3 is 2.09 bits per heavy atom. The van der Waals surface area contributed by atoms with Crippen molar-refractivity contribution < 1.29 is 55.2 Å². The summed E-state index contributed by atoms with van der Waals surface area (Å²) in [5, 5.41) is 8.08. The minimum Gasteiger partial charge on any atom is -1.00 e. The minimum atomic E-state index is -4.28. The third-order valence-corrected chi connectivity index (χ3v) is 1.62. The van der Waals surface area contributed by atoms with Crippen molar-refractivity contribution in [3.8, 4) is 0 Å². The molecule has 0 aromatic heterocycles. The third kappa shape index (κ3) is 8.49. The number of nitrogens with two attached hydrogens (primary N) is 1. The maximum absolute atomic E-state index is 10.1. The molecule has 1 unspecified atom stereocenters. The normalized spacial score (nSPS) is 13.4. The molecule has 0 saturated heterocycles. The SMILES string of the molecule is NC(CP(=O)(O)O)C(=O)O.[H-].[Na+]. The van der Waals surface area contributed by atoms with Gasteiger partial charge in [-0.1, -0.05) is 0 Å². The molecule has 0 saturated carbocycles. The number of hydrogen-bond donors (Lipinski definition) is 4. The Labute approximate surface area is 86.7 Å². The predicted molar refractivity (Wildman–Crippen MR) is 33.6 cm³/mol. The largest absolute Gasteiger partial charge is 1.00 e. The minimum absolute atomic E-state index is 0. The molecule has 0 heterocycles. The average Bonchev–Trinajstić information content (AvgIpc) is 1.60. The van der Waals surface area contributed by atoms with Crippen LogP contribution in [0.15, 0.2) is 0 Å². The summed E-state index contributed by atoms with van der Waals surface area (Å²) in [6, 6.07) is -1.49. The van der Waals surface area contributed by atoms with Crippen molar-refractivity contribution in [1.29, 1.82) is 0 Å². The van der Waals surface area contributed by atoms with Crippen molar-refractivity contribution in [2.24, 2.45) is 5.73 Å². The summed E-state index contributed by atoms with van der Waals surface area (Å²) in [5.41, 5.74) is 4.81. The molecule has 0 aromatic carbocycles. The number of carboxylic acid groups (broad SMARTS) is 1. The van der Waals surface area contributed by atoms with Gasteiger partial charge in [-0.25, -0.2) is 0 Å².